The van der Waals surface area contributed by atoms with Gasteiger partial charge in [-0.15, -0.1) is 0 Å². The summed E-state index contributed by atoms with van der Waals surface area (Å²) in [5.74, 6) is -0.321. The zero-order chi connectivity index (χ0) is 17.0. The van der Waals surface area contributed by atoms with Crippen LogP contribution in [0.2, 0.25) is 10.0 Å². The predicted octanol–water partition coefficient (Wildman–Crippen LogP) is 2.61. The second kappa shape index (κ2) is 7.31. The maximum absolute atomic E-state index is 12.0. The van der Waals surface area contributed by atoms with Gasteiger partial charge >= 0.3 is 0 Å². The second-order valence-electron chi connectivity index (χ2n) is 4.82. The van der Waals surface area contributed by atoms with Crippen molar-refractivity contribution < 1.29 is 13.2 Å². The average Bonchev–Trinajstić information content (AvgIpc) is 2.49. The van der Waals surface area contributed by atoms with Crippen LogP contribution in [0.3, 0.4) is 0 Å². The van der Waals surface area contributed by atoms with Gasteiger partial charge in [-0.1, -0.05) is 35.3 Å². The summed E-state index contributed by atoms with van der Waals surface area (Å²) >= 11 is 11.8. The first kappa shape index (κ1) is 17.7. The molecule has 0 aliphatic heterocycles. The zero-order valence-electron chi connectivity index (χ0n) is 11.9. The highest BCUT2D eigenvalue weighted by Crippen LogP contribution is 2.20. The minimum atomic E-state index is -3.70. The molecule has 5 nitrogen and oxygen atoms in total. The van der Waals surface area contributed by atoms with Crippen molar-refractivity contribution in [2.45, 2.75) is 11.3 Å². The third kappa shape index (κ3) is 4.94. The van der Waals surface area contributed by atoms with Gasteiger partial charge in [0.2, 0.25) is 10.0 Å². The molecule has 0 spiro atoms. The van der Waals surface area contributed by atoms with Crippen molar-refractivity contribution in [3.05, 3.63) is 63.6 Å². The molecule has 0 unspecified atom stereocenters. The summed E-state index contributed by atoms with van der Waals surface area (Å²) in [6.45, 7) is 0.371. The molecule has 2 aromatic carbocycles. The van der Waals surface area contributed by atoms with Crippen LogP contribution in [0.25, 0.3) is 0 Å². The van der Waals surface area contributed by atoms with Gasteiger partial charge in [0.25, 0.3) is 5.91 Å². The van der Waals surface area contributed by atoms with Crippen molar-refractivity contribution in [3.8, 4) is 0 Å². The Labute approximate surface area is 144 Å². The quantitative estimate of drug-likeness (QED) is 0.844. The van der Waals surface area contributed by atoms with Gasteiger partial charge in [0.1, 0.15) is 0 Å². The maximum Gasteiger partial charge on any atom is 0.252 e. The Kier molecular flexibility index (Phi) is 5.64. The largest absolute Gasteiger partial charge is 0.352 e. The normalized spacial score (nSPS) is 11.3. The van der Waals surface area contributed by atoms with Crippen LogP contribution in [0.5, 0.6) is 0 Å². The summed E-state index contributed by atoms with van der Waals surface area (Å²) in [6.07, 6.45) is 0.537. The lowest BCUT2D eigenvalue weighted by Crippen LogP contribution is -2.26. The number of benzene rings is 2. The summed E-state index contributed by atoms with van der Waals surface area (Å²) < 4.78 is 22.3. The Morgan fingerprint density at radius 1 is 1.09 bits per heavy atom. The minimum Gasteiger partial charge on any atom is -0.352 e. The van der Waals surface area contributed by atoms with Crippen LogP contribution in [0.1, 0.15) is 15.9 Å². The van der Waals surface area contributed by atoms with Crippen LogP contribution in [0, 0.1) is 0 Å². The molecule has 0 bridgehead atoms. The van der Waals surface area contributed by atoms with Crippen LogP contribution in [-0.2, 0) is 16.4 Å². The van der Waals surface area contributed by atoms with Crippen molar-refractivity contribution in [3.63, 3.8) is 0 Å². The van der Waals surface area contributed by atoms with E-state index in [4.69, 9.17) is 28.3 Å². The van der Waals surface area contributed by atoms with E-state index in [2.05, 4.69) is 5.32 Å². The Morgan fingerprint density at radius 2 is 1.74 bits per heavy atom. The van der Waals surface area contributed by atoms with Crippen molar-refractivity contribution in [1.82, 2.24) is 5.32 Å². The number of primary sulfonamides is 1. The van der Waals surface area contributed by atoms with E-state index in [9.17, 15) is 13.2 Å². The molecule has 23 heavy (non-hydrogen) atoms. The fraction of sp³-hybridized carbons (Fsp3) is 0.133. The Bertz CT molecular complexity index is 821. The number of amides is 1. The van der Waals surface area contributed by atoms with Crippen LogP contribution in [0.15, 0.2) is 47.4 Å². The molecule has 0 atom stereocenters. The van der Waals surface area contributed by atoms with E-state index in [1.54, 1.807) is 24.3 Å². The topological polar surface area (TPSA) is 89.3 Å². The average molecular weight is 373 g/mol. The molecule has 0 radical (unpaired) electrons. The molecular weight excluding hydrogens is 359 g/mol. The first-order valence-corrected chi connectivity index (χ1v) is 8.92. The molecule has 1 amide bonds. The van der Waals surface area contributed by atoms with Gasteiger partial charge < -0.3 is 5.32 Å². The molecule has 0 aliphatic carbocycles. The molecule has 0 aliphatic rings. The highest BCUT2D eigenvalue weighted by Gasteiger charge is 2.11. The highest BCUT2D eigenvalue weighted by atomic mass is 35.5. The van der Waals surface area contributed by atoms with Gasteiger partial charge in [-0.05, 0) is 42.3 Å². The molecule has 2 rings (SSSR count). The lowest BCUT2D eigenvalue weighted by atomic mass is 10.1. The maximum atomic E-state index is 12.0. The third-order valence-corrected chi connectivity index (χ3v) is 4.62. The number of nitrogens with one attached hydrogen (secondary N) is 1. The summed E-state index contributed by atoms with van der Waals surface area (Å²) in [6, 6.07) is 10.8. The van der Waals surface area contributed by atoms with E-state index in [-0.39, 0.29) is 10.8 Å². The van der Waals surface area contributed by atoms with Gasteiger partial charge in [0.15, 0.2) is 0 Å². The monoisotopic (exact) mass is 372 g/mol. The molecule has 8 heteroatoms. The number of hydrogen-bond acceptors (Lipinski definition) is 3. The second-order valence-corrected chi connectivity index (χ2v) is 7.22. The van der Waals surface area contributed by atoms with Gasteiger partial charge in [-0.25, -0.2) is 13.6 Å². The molecule has 0 saturated carbocycles. The smallest absolute Gasteiger partial charge is 0.252 e. The van der Waals surface area contributed by atoms with E-state index in [1.165, 1.54) is 18.2 Å². The van der Waals surface area contributed by atoms with E-state index in [0.717, 1.165) is 5.56 Å². The molecular formula is C15H14Cl2N2O3S. The number of sulfonamides is 1. The van der Waals surface area contributed by atoms with Crippen LogP contribution < -0.4 is 10.5 Å². The van der Waals surface area contributed by atoms with Crippen molar-refractivity contribution in [2.24, 2.45) is 5.14 Å². The molecule has 0 heterocycles. The molecule has 0 fully saturated rings. The number of nitrogens with two attached hydrogens (primary N) is 1. The van der Waals surface area contributed by atoms with Crippen LogP contribution in [-0.4, -0.2) is 20.9 Å². The number of carbonyl (C=O) groups excluding carboxylic acids is 1. The van der Waals surface area contributed by atoms with Crippen LogP contribution in [0.4, 0.5) is 0 Å². The van der Waals surface area contributed by atoms with Crippen molar-refractivity contribution >= 4 is 39.1 Å². The zero-order valence-corrected chi connectivity index (χ0v) is 14.3. The summed E-state index contributed by atoms with van der Waals surface area (Å²) in [4.78, 5) is 12.1. The Hall–Kier alpha value is -1.60. The Morgan fingerprint density at radius 3 is 2.35 bits per heavy atom. The molecule has 122 valence electrons. The number of carbonyl (C=O) groups is 1. The van der Waals surface area contributed by atoms with E-state index in [0.29, 0.717) is 28.6 Å². The minimum absolute atomic E-state index is 0.0518. The van der Waals surface area contributed by atoms with Crippen molar-refractivity contribution in [1.29, 1.82) is 0 Å². The summed E-state index contributed by atoms with van der Waals surface area (Å²) in [5, 5.41) is 8.52. The molecule has 3 N–H and O–H groups in total. The predicted molar refractivity (Wildman–Crippen MR) is 90.3 cm³/mol. The summed E-state index contributed by atoms with van der Waals surface area (Å²) in [7, 11) is -3.70. The molecule has 2 aromatic rings. The van der Waals surface area contributed by atoms with E-state index < -0.39 is 10.0 Å². The Balaban J connectivity index is 1.94. The lowest BCUT2D eigenvalue weighted by Gasteiger charge is -2.08. The summed E-state index contributed by atoms with van der Waals surface area (Å²) in [5.41, 5.74) is 1.18. The van der Waals surface area contributed by atoms with Gasteiger partial charge in [0, 0.05) is 11.6 Å². The fourth-order valence-corrected chi connectivity index (χ4v) is 2.82. The standard InChI is InChI=1S/C15H14Cl2N2O3S/c16-11-3-6-14(17)13(9-11)15(20)19-8-7-10-1-4-12(5-2-10)23(18,21)22/h1-6,9H,7-8H2,(H,19,20)(H2,18,21,22). The van der Waals surface area contributed by atoms with Crippen LogP contribution >= 0.6 is 23.2 Å². The highest BCUT2D eigenvalue weighted by molar-refractivity contribution is 7.89. The van der Waals surface area contributed by atoms with E-state index >= 15 is 0 Å². The number of hydrogen-bond donors (Lipinski definition) is 2. The number of halogens is 2. The lowest BCUT2D eigenvalue weighted by molar-refractivity contribution is 0.0954. The molecule has 0 saturated heterocycles. The first-order valence-electron chi connectivity index (χ1n) is 6.62. The molecule has 0 aromatic heterocycles. The van der Waals surface area contributed by atoms with E-state index in [1.807, 2.05) is 0 Å². The number of rotatable bonds is 5. The SMILES string of the molecule is NS(=O)(=O)c1ccc(CCNC(=O)c2cc(Cl)ccc2Cl)cc1. The van der Waals surface area contributed by atoms with Gasteiger partial charge in [-0.3, -0.25) is 4.79 Å². The fourth-order valence-electron chi connectivity index (χ4n) is 1.93. The van der Waals surface area contributed by atoms with Gasteiger partial charge in [0.05, 0.1) is 15.5 Å². The van der Waals surface area contributed by atoms with Gasteiger partial charge in [-0.2, -0.15) is 0 Å². The first-order chi connectivity index (χ1) is 10.8. The van der Waals surface area contributed by atoms with Crippen molar-refractivity contribution in [2.75, 3.05) is 6.54 Å². The third-order valence-electron chi connectivity index (χ3n) is 3.12.